The van der Waals surface area contributed by atoms with Crippen LogP contribution in [0.4, 0.5) is 4.79 Å². The van der Waals surface area contributed by atoms with Crippen molar-refractivity contribution in [1.82, 2.24) is 15.5 Å². The fourth-order valence-corrected chi connectivity index (χ4v) is 2.91. The second-order valence-corrected chi connectivity index (χ2v) is 7.59. The van der Waals surface area contributed by atoms with Crippen LogP contribution >= 0.6 is 12.6 Å². The molecule has 0 aliphatic carbocycles. The average molecular weight is 301 g/mol. The Bertz CT molecular complexity index is 368. The molecule has 1 saturated heterocycles. The monoisotopic (exact) mass is 301 g/mol. The quantitative estimate of drug-likeness (QED) is 0.626. The molecule has 1 heterocycles. The number of nitrogens with zero attached hydrogens (tertiary/aromatic N) is 1. The lowest BCUT2D eigenvalue weighted by Gasteiger charge is -2.33. The van der Waals surface area contributed by atoms with Crippen molar-refractivity contribution >= 4 is 24.6 Å². The van der Waals surface area contributed by atoms with Crippen LogP contribution in [0.25, 0.3) is 0 Å². The Kier molecular flexibility index (Phi) is 5.74. The summed E-state index contributed by atoms with van der Waals surface area (Å²) in [6.45, 7) is 10.5. The summed E-state index contributed by atoms with van der Waals surface area (Å²) >= 11 is 4.53. The molecule has 2 N–H and O–H groups in total. The Balaban J connectivity index is 2.45. The fourth-order valence-electron chi connectivity index (χ4n) is 2.56. The number of carbonyl (C=O) groups is 2. The van der Waals surface area contributed by atoms with Crippen LogP contribution < -0.4 is 10.6 Å². The molecule has 0 aromatic carbocycles. The molecule has 0 bridgehead atoms. The number of nitrogens with one attached hydrogen (secondary N) is 2. The first-order valence-electron chi connectivity index (χ1n) is 7.21. The zero-order valence-corrected chi connectivity index (χ0v) is 13.8. The van der Waals surface area contributed by atoms with Gasteiger partial charge < -0.3 is 15.5 Å². The summed E-state index contributed by atoms with van der Waals surface area (Å²) in [6, 6.07) is -0.0472. The minimum atomic E-state index is -0.418. The maximum atomic E-state index is 12.4. The summed E-state index contributed by atoms with van der Waals surface area (Å²) in [6.07, 6.45) is 1.49. The molecule has 0 aromatic heterocycles. The Morgan fingerprint density at radius 2 is 2.10 bits per heavy atom. The highest BCUT2D eigenvalue weighted by Crippen LogP contribution is 2.34. The first kappa shape index (κ1) is 17.1. The number of amides is 3. The molecule has 3 amide bonds. The number of urea groups is 1. The van der Waals surface area contributed by atoms with Gasteiger partial charge in [0.2, 0.25) is 5.91 Å². The summed E-state index contributed by atoms with van der Waals surface area (Å²) in [5.41, 5.74) is -0.418. The highest BCUT2D eigenvalue weighted by Gasteiger charge is 2.35. The Morgan fingerprint density at radius 1 is 1.45 bits per heavy atom. The second kappa shape index (κ2) is 6.70. The van der Waals surface area contributed by atoms with E-state index in [-0.39, 0.29) is 16.7 Å². The van der Waals surface area contributed by atoms with Crippen LogP contribution in [0.5, 0.6) is 0 Å². The minimum absolute atomic E-state index is 0.0433. The fraction of sp³-hybridized carbons (Fsp3) is 0.857. The third-order valence-corrected chi connectivity index (χ3v) is 3.92. The lowest BCUT2D eigenvalue weighted by atomic mass is 9.78. The largest absolute Gasteiger partial charge is 0.354 e. The van der Waals surface area contributed by atoms with E-state index in [9.17, 15) is 9.59 Å². The van der Waals surface area contributed by atoms with Crippen LogP contribution in [0.1, 0.15) is 40.5 Å². The molecular weight excluding hydrogens is 274 g/mol. The Hall–Kier alpha value is -0.910. The lowest BCUT2D eigenvalue weighted by Crippen LogP contribution is -2.44. The van der Waals surface area contributed by atoms with Crippen molar-refractivity contribution < 1.29 is 9.59 Å². The Labute approximate surface area is 127 Å². The van der Waals surface area contributed by atoms with Crippen LogP contribution in [-0.2, 0) is 4.79 Å². The van der Waals surface area contributed by atoms with Gasteiger partial charge in [0.25, 0.3) is 0 Å². The molecule has 0 spiro atoms. The van der Waals surface area contributed by atoms with Crippen molar-refractivity contribution in [1.29, 1.82) is 0 Å². The third kappa shape index (κ3) is 4.89. The zero-order valence-electron chi connectivity index (χ0n) is 13.0. The van der Waals surface area contributed by atoms with Crippen molar-refractivity contribution in [2.24, 2.45) is 5.41 Å². The van der Waals surface area contributed by atoms with E-state index >= 15 is 0 Å². The predicted molar refractivity (Wildman–Crippen MR) is 84.1 cm³/mol. The summed E-state index contributed by atoms with van der Waals surface area (Å²) in [4.78, 5) is 25.5. The van der Waals surface area contributed by atoms with Gasteiger partial charge in [-0.1, -0.05) is 27.7 Å². The molecule has 0 aromatic rings. The van der Waals surface area contributed by atoms with Gasteiger partial charge in [0.1, 0.15) is 0 Å². The SMILES string of the molecule is CCC(C)(CC(C)(C)S)C(=O)NCCN1CCNC1=O. The average Bonchev–Trinajstić information content (AvgIpc) is 2.72. The van der Waals surface area contributed by atoms with Crippen LogP contribution in [0, 0.1) is 5.41 Å². The van der Waals surface area contributed by atoms with E-state index in [4.69, 9.17) is 0 Å². The Morgan fingerprint density at radius 3 is 2.55 bits per heavy atom. The van der Waals surface area contributed by atoms with Gasteiger partial charge in [-0.15, -0.1) is 0 Å². The smallest absolute Gasteiger partial charge is 0.317 e. The molecule has 20 heavy (non-hydrogen) atoms. The van der Waals surface area contributed by atoms with E-state index in [1.165, 1.54) is 0 Å². The zero-order chi connectivity index (χ0) is 15.4. The molecular formula is C14H27N3O2S. The number of hydrogen-bond acceptors (Lipinski definition) is 3. The molecule has 1 rings (SSSR count). The number of thiol groups is 1. The second-order valence-electron chi connectivity index (χ2n) is 6.38. The molecule has 0 radical (unpaired) electrons. The normalized spacial score (nSPS) is 18.6. The van der Waals surface area contributed by atoms with Crippen LogP contribution in [0.15, 0.2) is 0 Å². The van der Waals surface area contributed by atoms with Gasteiger partial charge in [-0.05, 0) is 12.8 Å². The van der Waals surface area contributed by atoms with Gasteiger partial charge in [0.05, 0.1) is 0 Å². The number of carbonyl (C=O) groups excluding carboxylic acids is 2. The molecule has 1 unspecified atom stereocenters. The van der Waals surface area contributed by atoms with Gasteiger partial charge in [0.15, 0.2) is 0 Å². The first-order chi connectivity index (χ1) is 9.18. The molecule has 1 atom stereocenters. The standard InChI is InChI=1S/C14H27N3O2S/c1-5-14(4,10-13(2,3)20)11(18)15-6-8-17-9-7-16-12(17)19/h20H,5-10H2,1-4H3,(H,15,18)(H,16,19). The molecule has 5 nitrogen and oxygen atoms in total. The van der Waals surface area contributed by atoms with E-state index in [1.54, 1.807) is 4.90 Å². The molecule has 116 valence electrons. The molecule has 1 aliphatic heterocycles. The van der Waals surface area contributed by atoms with Gasteiger partial charge >= 0.3 is 6.03 Å². The maximum absolute atomic E-state index is 12.4. The highest BCUT2D eigenvalue weighted by molar-refractivity contribution is 7.81. The predicted octanol–water partition coefficient (Wildman–Crippen LogP) is 1.64. The lowest BCUT2D eigenvalue weighted by molar-refractivity contribution is -0.131. The van der Waals surface area contributed by atoms with Gasteiger partial charge in [0, 0.05) is 36.3 Å². The van der Waals surface area contributed by atoms with E-state index in [0.29, 0.717) is 26.2 Å². The van der Waals surface area contributed by atoms with Crippen molar-refractivity contribution in [3.05, 3.63) is 0 Å². The molecule has 0 saturated carbocycles. The molecule has 6 heteroatoms. The van der Waals surface area contributed by atoms with Crippen LogP contribution in [0.3, 0.4) is 0 Å². The summed E-state index contributed by atoms with van der Waals surface area (Å²) in [7, 11) is 0. The van der Waals surface area contributed by atoms with E-state index in [2.05, 4.69) is 23.3 Å². The van der Waals surface area contributed by atoms with Crippen LogP contribution in [-0.4, -0.2) is 47.8 Å². The van der Waals surface area contributed by atoms with Gasteiger partial charge in [-0.3, -0.25) is 4.79 Å². The number of rotatable bonds is 7. The molecule has 1 fully saturated rings. The topological polar surface area (TPSA) is 61.4 Å². The number of hydrogen-bond donors (Lipinski definition) is 3. The van der Waals surface area contributed by atoms with Gasteiger partial charge in [-0.25, -0.2) is 4.79 Å². The van der Waals surface area contributed by atoms with E-state index < -0.39 is 5.41 Å². The van der Waals surface area contributed by atoms with Gasteiger partial charge in [-0.2, -0.15) is 12.6 Å². The van der Waals surface area contributed by atoms with Crippen molar-refractivity contribution in [3.63, 3.8) is 0 Å². The highest BCUT2D eigenvalue weighted by atomic mass is 32.1. The summed E-state index contributed by atoms with van der Waals surface area (Å²) in [5.74, 6) is 0.0433. The summed E-state index contributed by atoms with van der Waals surface area (Å²) in [5, 5.41) is 5.69. The van der Waals surface area contributed by atoms with Crippen molar-refractivity contribution in [2.75, 3.05) is 26.2 Å². The van der Waals surface area contributed by atoms with E-state index in [0.717, 1.165) is 12.8 Å². The van der Waals surface area contributed by atoms with Crippen molar-refractivity contribution in [3.8, 4) is 0 Å². The van der Waals surface area contributed by atoms with E-state index in [1.807, 2.05) is 27.7 Å². The van der Waals surface area contributed by atoms with Crippen LogP contribution in [0.2, 0.25) is 0 Å². The van der Waals surface area contributed by atoms with Crippen molar-refractivity contribution in [2.45, 2.75) is 45.3 Å². The third-order valence-electron chi connectivity index (χ3n) is 3.76. The summed E-state index contributed by atoms with van der Waals surface area (Å²) < 4.78 is -0.184. The molecule has 1 aliphatic rings. The first-order valence-corrected chi connectivity index (χ1v) is 7.66. The minimum Gasteiger partial charge on any atom is -0.354 e. The maximum Gasteiger partial charge on any atom is 0.317 e.